The van der Waals surface area contributed by atoms with Gasteiger partial charge in [0.05, 0.1) is 0 Å². The highest BCUT2D eigenvalue weighted by Crippen LogP contribution is 2.33. The van der Waals surface area contributed by atoms with E-state index in [2.05, 4.69) is 51.8 Å². The van der Waals surface area contributed by atoms with Crippen LogP contribution in [0.2, 0.25) is 18.1 Å². The largest absolute Gasteiger partial charge is 0.501 e. The lowest BCUT2D eigenvalue weighted by Gasteiger charge is -2.34. The summed E-state index contributed by atoms with van der Waals surface area (Å²) in [7, 11) is -5.79. The fourth-order valence-electron chi connectivity index (χ4n) is 5.74. The summed E-state index contributed by atoms with van der Waals surface area (Å²) in [6.07, 6.45) is -1.72. The van der Waals surface area contributed by atoms with Crippen molar-refractivity contribution in [3.05, 3.63) is 91.0 Å². The van der Waals surface area contributed by atoms with Gasteiger partial charge in [-0.05, 0) is 51.4 Å². The highest BCUT2D eigenvalue weighted by Gasteiger charge is 2.46. The van der Waals surface area contributed by atoms with Crippen LogP contribution in [0.1, 0.15) is 41.5 Å². The maximum absolute atomic E-state index is 13.3. The summed E-state index contributed by atoms with van der Waals surface area (Å²) in [5.74, 6) is 1.15. The zero-order valence-corrected chi connectivity index (χ0v) is 26.5. The van der Waals surface area contributed by atoms with Gasteiger partial charge >= 0.3 is 20.5 Å². The van der Waals surface area contributed by atoms with E-state index in [1.165, 1.54) is 0 Å². The minimum atomic E-state index is -3.32. The molecule has 3 aromatic rings. The molecule has 0 N–H and O–H groups in total. The summed E-state index contributed by atoms with van der Waals surface area (Å²) in [5.41, 5.74) is 0. The Morgan fingerprint density at radius 1 is 0.550 bits per heavy atom. The zero-order valence-electron chi connectivity index (χ0n) is 24.5. The number of benzene rings is 3. The minimum absolute atomic E-state index is 0.383. The van der Waals surface area contributed by atoms with E-state index in [0.29, 0.717) is 17.8 Å². The molecular formula is C32H42N2O4Si2. The van der Waals surface area contributed by atoms with Gasteiger partial charge in [0.15, 0.2) is 0 Å². The third kappa shape index (κ3) is 8.32. The van der Waals surface area contributed by atoms with Crippen molar-refractivity contribution in [3.8, 4) is 0 Å². The van der Waals surface area contributed by atoms with E-state index in [1.807, 2.05) is 91.0 Å². The number of carbonyl (C=O) groups is 2. The predicted molar refractivity (Wildman–Crippen MR) is 166 cm³/mol. The molecular weight excluding hydrogens is 533 g/mol. The Morgan fingerprint density at radius 2 is 0.850 bits per heavy atom. The van der Waals surface area contributed by atoms with Crippen LogP contribution in [0.5, 0.6) is 0 Å². The normalized spacial score (nSPS) is 12.3. The van der Waals surface area contributed by atoms with Gasteiger partial charge in [-0.1, -0.05) is 143 Å². The van der Waals surface area contributed by atoms with Crippen molar-refractivity contribution in [2.24, 2.45) is 28.0 Å². The number of carbonyl (C=O) groups excluding carboxylic acids is 2. The molecule has 0 aliphatic carbocycles. The molecule has 0 spiro atoms. The smallest absolute Gasteiger partial charge is 0.439 e. The zero-order chi connectivity index (χ0) is 29.2. The van der Waals surface area contributed by atoms with Crippen LogP contribution >= 0.6 is 0 Å². The third-order valence-corrected chi connectivity index (χ3v) is 15.8. The lowest BCUT2D eigenvalue weighted by molar-refractivity contribution is 0.197. The predicted octanol–water partition coefficient (Wildman–Crippen LogP) is 7.29. The van der Waals surface area contributed by atoms with Crippen molar-refractivity contribution < 1.29 is 18.4 Å². The first-order chi connectivity index (χ1) is 19.1. The van der Waals surface area contributed by atoms with Gasteiger partial charge in [0, 0.05) is 0 Å². The molecule has 0 radical (unpaired) electrons. The summed E-state index contributed by atoms with van der Waals surface area (Å²) in [6, 6.07) is 31.7. The molecule has 40 heavy (non-hydrogen) atoms. The van der Waals surface area contributed by atoms with Crippen LogP contribution in [0.25, 0.3) is 0 Å². The number of hydrogen-bond donors (Lipinski definition) is 0. The summed E-state index contributed by atoms with van der Waals surface area (Å²) in [5, 5.41) is 10.2. The average Bonchev–Trinajstić information content (AvgIpc) is 2.90. The van der Waals surface area contributed by atoms with Gasteiger partial charge in [-0.2, -0.15) is 0 Å². The van der Waals surface area contributed by atoms with Crippen LogP contribution in [0.3, 0.4) is 0 Å². The van der Waals surface area contributed by atoms with Crippen molar-refractivity contribution in [2.75, 3.05) is 0 Å². The number of rotatable bonds is 11. The number of hydrogen-bond acceptors (Lipinski definition) is 4. The highest BCUT2D eigenvalue weighted by atomic mass is 28.4. The molecule has 0 saturated heterocycles. The van der Waals surface area contributed by atoms with Crippen LogP contribution in [0.15, 0.2) is 101 Å². The SMILES string of the molecule is CC(C)C[Si](CC(C)C)(CC(C)C)OC(=O)N=NC(=O)O[Si](c1ccccc1)(c1ccccc1)c1ccccc1. The van der Waals surface area contributed by atoms with Crippen molar-refractivity contribution in [3.63, 3.8) is 0 Å². The lowest BCUT2D eigenvalue weighted by Crippen LogP contribution is -2.69. The molecule has 2 amide bonds. The van der Waals surface area contributed by atoms with Crippen molar-refractivity contribution in [1.29, 1.82) is 0 Å². The fraction of sp³-hybridized carbons (Fsp3) is 0.375. The first-order valence-corrected chi connectivity index (χ1v) is 18.5. The quantitative estimate of drug-likeness (QED) is 0.137. The molecule has 0 unspecified atom stereocenters. The van der Waals surface area contributed by atoms with Crippen LogP contribution in [0.4, 0.5) is 9.59 Å². The minimum Gasteiger partial charge on any atom is -0.501 e. The Morgan fingerprint density at radius 3 is 1.15 bits per heavy atom. The van der Waals surface area contributed by atoms with Gasteiger partial charge < -0.3 is 8.85 Å². The van der Waals surface area contributed by atoms with Crippen LogP contribution < -0.4 is 15.6 Å². The van der Waals surface area contributed by atoms with E-state index in [9.17, 15) is 9.59 Å². The molecule has 212 valence electrons. The Hall–Kier alpha value is -3.37. The molecule has 8 heteroatoms. The fourth-order valence-corrected chi connectivity index (χ4v) is 15.0. The Balaban J connectivity index is 1.96. The first kappa shape index (κ1) is 31.2. The topological polar surface area (TPSA) is 77.3 Å². The molecule has 3 aromatic carbocycles. The summed E-state index contributed by atoms with van der Waals surface area (Å²) >= 11 is 0. The van der Waals surface area contributed by atoms with Gasteiger partial charge in [-0.15, -0.1) is 0 Å². The van der Waals surface area contributed by atoms with E-state index in [4.69, 9.17) is 8.85 Å². The molecule has 0 aliphatic rings. The second-order valence-electron chi connectivity index (χ2n) is 11.7. The summed E-state index contributed by atoms with van der Waals surface area (Å²) < 4.78 is 12.5. The lowest BCUT2D eigenvalue weighted by atomic mass is 10.2. The molecule has 0 aromatic heterocycles. The average molecular weight is 575 g/mol. The molecule has 0 atom stereocenters. The second-order valence-corrected chi connectivity index (χ2v) is 18.8. The van der Waals surface area contributed by atoms with E-state index in [0.717, 1.165) is 33.7 Å². The second kappa shape index (κ2) is 14.3. The molecule has 6 nitrogen and oxygen atoms in total. The van der Waals surface area contributed by atoms with Crippen molar-refractivity contribution in [1.82, 2.24) is 0 Å². The molecule has 0 saturated carbocycles. The van der Waals surface area contributed by atoms with E-state index in [1.54, 1.807) is 0 Å². The maximum Gasteiger partial charge on any atom is 0.439 e. The summed E-state index contributed by atoms with van der Waals surface area (Å²) in [6.45, 7) is 12.9. The van der Waals surface area contributed by atoms with Gasteiger partial charge in [0.25, 0.3) is 8.32 Å². The number of nitrogens with zero attached hydrogens (tertiary/aromatic N) is 2. The number of azo groups is 1. The van der Waals surface area contributed by atoms with E-state index in [-0.39, 0.29) is 0 Å². The molecule has 0 fully saturated rings. The Bertz CT molecular complexity index is 1130. The standard InChI is InChI=1S/C32H42N2O4Si2/c1-25(2)22-39(23-26(3)4,24-27(5)6)37-31(35)33-34-32(36)38-40(28-16-10-7-11-17-28,29-18-12-8-13-19-29)30-20-14-9-15-21-30/h7-21,25-27H,22-24H2,1-6H3. The van der Waals surface area contributed by atoms with Gasteiger partial charge in [0.1, 0.15) is 0 Å². The third-order valence-electron chi connectivity index (χ3n) is 6.64. The molecule has 0 bridgehead atoms. The van der Waals surface area contributed by atoms with Crippen LogP contribution in [-0.4, -0.2) is 28.8 Å². The van der Waals surface area contributed by atoms with Gasteiger partial charge in [-0.25, -0.2) is 9.59 Å². The van der Waals surface area contributed by atoms with Crippen LogP contribution in [0, 0.1) is 17.8 Å². The Labute approximate surface area is 241 Å². The highest BCUT2D eigenvalue weighted by molar-refractivity contribution is 7.07. The molecule has 0 aliphatic heterocycles. The van der Waals surface area contributed by atoms with Gasteiger partial charge in [0.2, 0.25) is 0 Å². The number of amides is 2. The molecule has 0 heterocycles. The monoisotopic (exact) mass is 574 g/mol. The Kier molecular flexibility index (Phi) is 11.2. The first-order valence-electron chi connectivity index (χ1n) is 14.1. The maximum atomic E-state index is 13.3. The van der Waals surface area contributed by atoms with Gasteiger partial charge in [-0.3, -0.25) is 0 Å². The van der Waals surface area contributed by atoms with E-state index < -0.39 is 28.8 Å². The van der Waals surface area contributed by atoms with Crippen molar-refractivity contribution in [2.45, 2.75) is 59.7 Å². The van der Waals surface area contributed by atoms with E-state index >= 15 is 0 Å². The van der Waals surface area contributed by atoms with Crippen LogP contribution in [-0.2, 0) is 8.85 Å². The molecule has 3 rings (SSSR count). The summed E-state index contributed by atoms with van der Waals surface area (Å²) in [4.78, 5) is 26.4. The van der Waals surface area contributed by atoms with Crippen molar-refractivity contribution >= 4 is 44.4 Å².